The Balaban J connectivity index is 1.29. The summed E-state index contributed by atoms with van der Waals surface area (Å²) < 4.78 is 0. The predicted octanol–water partition coefficient (Wildman–Crippen LogP) is 4.82. The van der Waals surface area contributed by atoms with Gasteiger partial charge in [-0.3, -0.25) is 9.78 Å². The lowest BCUT2D eigenvalue weighted by atomic mass is 10.0. The van der Waals surface area contributed by atoms with Crippen LogP contribution in [0.25, 0.3) is 10.8 Å². The van der Waals surface area contributed by atoms with Gasteiger partial charge in [-0.25, -0.2) is 9.78 Å². The molecule has 7 nitrogen and oxygen atoms in total. The molecule has 3 N–H and O–H groups in total. The maximum absolute atomic E-state index is 12.5. The van der Waals surface area contributed by atoms with Crippen molar-refractivity contribution in [2.75, 3.05) is 5.32 Å². The first kappa shape index (κ1) is 23.2. The molecular formula is C29H26N4O3. The lowest BCUT2D eigenvalue weighted by Crippen LogP contribution is -2.38. The van der Waals surface area contributed by atoms with Crippen molar-refractivity contribution >= 4 is 34.0 Å². The predicted molar refractivity (Wildman–Crippen MR) is 139 cm³/mol. The van der Waals surface area contributed by atoms with Crippen LogP contribution in [0.5, 0.6) is 0 Å². The average molecular weight is 479 g/mol. The number of hydrogen-bond donors (Lipinski definition) is 3. The summed E-state index contributed by atoms with van der Waals surface area (Å²) in [6, 6.07) is 20.4. The van der Waals surface area contributed by atoms with E-state index in [4.69, 9.17) is 0 Å². The number of carbonyl (C=O) groups is 2. The second-order valence-corrected chi connectivity index (χ2v) is 8.86. The molecule has 36 heavy (non-hydrogen) atoms. The van der Waals surface area contributed by atoms with Crippen molar-refractivity contribution in [2.24, 2.45) is 0 Å². The lowest BCUT2D eigenvalue weighted by molar-refractivity contribution is -0.139. The molecule has 2 aromatic heterocycles. The van der Waals surface area contributed by atoms with Gasteiger partial charge in [0.25, 0.3) is 0 Å². The number of pyridine rings is 2. The Morgan fingerprint density at radius 2 is 1.75 bits per heavy atom. The molecule has 0 fully saturated rings. The summed E-state index contributed by atoms with van der Waals surface area (Å²) >= 11 is 0. The van der Waals surface area contributed by atoms with E-state index in [0.717, 1.165) is 39.1 Å². The van der Waals surface area contributed by atoms with Crippen molar-refractivity contribution < 1.29 is 14.7 Å². The summed E-state index contributed by atoms with van der Waals surface area (Å²) in [5.41, 5.74) is 4.19. The molecule has 1 atom stereocenters. The minimum Gasteiger partial charge on any atom is -0.480 e. The summed E-state index contributed by atoms with van der Waals surface area (Å²) in [6.45, 7) is 0. The molecule has 0 spiro atoms. The van der Waals surface area contributed by atoms with Crippen molar-refractivity contribution in [3.63, 3.8) is 0 Å². The van der Waals surface area contributed by atoms with E-state index in [1.807, 2.05) is 66.7 Å². The van der Waals surface area contributed by atoms with Crippen LogP contribution in [0.4, 0.5) is 11.5 Å². The number of aromatic nitrogens is 2. The zero-order chi connectivity index (χ0) is 24.9. The highest BCUT2D eigenvalue weighted by atomic mass is 16.4. The van der Waals surface area contributed by atoms with Crippen molar-refractivity contribution in [2.45, 2.75) is 31.7 Å². The third-order valence-electron chi connectivity index (χ3n) is 6.39. The van der Waals surface area contributed by atoms with Crippen molar-refractivity contribution in [1.29, 1.82) is 0 Å². The number of carboxylic acid groups (broad SMARTS) is 1. The van der Waals surface area contributed by atoms with E-state index in [-0.39, 0.29) is 5.78 Å². The Morgan fingerprint density at radius 3 is 2.53 bits per heavy atom. The first-order chi connectivity index (χ1) is 17.6. The zero-order valence-electron chi connectivity index (χ0n) is 19.6. The first-order valence-electron chi connectivity index (χ1n) is 11.9. The molecule has 0 aliphatic heterocycles. The van der Waals surface area contributed by atoms with Crippen LogP contribution in [-0.4, -0.2) is 32.9 Å². The van der Waals surface area contributed by atoms with Gasteiger partial charge in [0, 0.05) is 65.6 Å². The van der Waals surface area contributed by atoms with E-state index < -0.39 is 12.0 Å². The lowest BCUT2D eigenvalue weighted by Gasteiger charge is -2.18. The zero-order valence-corrected chi connectivity index (χ0v) is 19.6. The second kappa shape index (κ2) is 10.4. The number of carboxylic acids is 1. The van der Waals surface area contributed by atoms with E-state index in [9.17, 15) is 14.7 Å². The highest BCUT2D eigenvalue weighted by Crippen LogP contribution is 2.26. The molecule has 5 rings (SSSR count). The van der Waals surface area contributed by atoms with E-state index >= 15 is 0 Å². The summed E-state index contributed by atoms with van der Waals surface area (Å²) in [5, 5.41) is 18.3. The quantitative estimate of drug-likeness (QED) is 0.317. The van der Waals surface area contributed by atoms with Crippen LogP contribution in [0.15, 0.2) is 96.6 Å². The number of anilines is 2. The van der Waals surface area contributed by atoms with Gasteiger partial charge in [0.2, 0.25) is 0 Å². The fourth-order valence-corrected chi connectivity index (χ4v) is 4.50. The number of fused-ring (bicyclic) bond motifs is 1. The third kappa shape index (κ3) is 5.25. The van der Waals surface area contributed by atoms with Crippen molar-refractivity contribution in [3.8, 4) is 0 Å². The van der Waals surface area contributed by atoms with E-state index in [2.05, 4.69) is 20.6 Å². The molecule has 0 bridgehead atoms. The Labute approximate surface area is 208 Å². The smallest absolute Gasteiger partial charge is 0.326 e. The third-order valence-corrected chi connectivity index (χ3v) is 6.39. The van der Waals surface area contributed by atoms with Crippen LogP contribution in [0.3, 0.4) is 0 Å². The molecule has 4 aromatic rings. The molecule has 0 saturated heterocycles. The number of allylic oxidation sites excluding steroid dienone is 2. The van der Waals surface area contributed by atoms with Gasteiger partial charge >= 0.3 is 5.97 Å². The molecule has 0 amide bonds. The molecule has 2 aromatic carbocycles. The number of nitrogens with one attached hydrogen (secondary N) is 2. The number of benzene rings is 2. The summed E-state index contributed by atoms with van der Waals surface area (Å²) in [6.07, 6.45) is 7.02. The largest absolute Gasteiger partial charge is 0.480 e. The fourth-order valence-electron chi connectivity index (χ4n) is 4.50. The van der Waals surface area contributed by atoms with E-state index in [1.165, 1.54) is 0 Å². The summed E-state index contributed by atoms with van der Waals surface area (Å²) in [5.74, 6) is -0.132. The van der Waals surface area contributed by atoms with Gasteiger partial charge in [0.05, 0.1) is 0 Å². The molecule has 1 aliphatic rings. The van der Waals surface area contributed by atoms with Crippen LogP contribution in [-0.2, 0) is 22.4 Å². The average Bonchev–Trinajstić information content (AvgIpc) is 3.24. The number of Topliss-reactive ketones (excluding diaryl/α,β-unsaturated/α-hetero) is 1. The Hall–Kier alpha value is -4.52. The topological polar surface area (TPSA) is 104 Å². The van der Waals surface area contributed by atoms with Gasteiger partial charge in [0.1, 0.15) is 11.9 Å². The van der Waals surface area contributed by atoms with Crippen LogP contribution in [0.1, 0.15) is 24.0 Å². The minimum absolute atomic E-state index is 0.0822. The molecule has 7 heteroatoms. The SMILES string of the molecule is O=C1CCC(N[C@@H](Cc2ccc(Nc3nccc4cnccc34)cc2)C(=O)O)=C1Cc1ccccc1. The monoisotopic (exact) mass is 478 g/mol. The van der Waals surface area contributed by atoms with E-state index in [0.29, 0.717) is 31.3 Å². The summed E-state index contributed by atoms with van der Waals surface area (Å²) in [4.78, 5) is 33.2. The van der Waals surface area contributed by atoms with Gasteiger partial charge < -0.3 is 15.7 Å². The Kier molecular flexibility index (Phi) is 6.71. The molecule has 0 radical (unpaired) electrons. The van der Waals surface area contributed by atoms with Crippen molar-refractivity contribution in [1.82, 2.24) is 15.3 Å². The number of hydrogen-bond acceptors (Lipinski definition) is 6. The van der Waals surface area contributed by atoms with E-state index in [1.54, 1.807) is 18.6 Å². The highest BCUT2D eigenvalue weighted by Gasteiger charge is 2.27. The summed E-state index contributed by atoms with van der Waals surface area (Å²) in [7, 11) is 0. The number of rotatable bonds is 9. The standard InChI is InChI=1S/C29H26N4O3/c34-27-11-10-25(24(27)16-19-4-2-1-3-5-19)33-26(29(35)36)17-20-6-8-22(9-7-20)32-28-23-13-14-30-18-21(23)12-15-31-28/h1-9,12-15,18,26,33H,10-11,16-17H2,(H,31,32)(H,35,36)/t26-/m0/s1. The van der Waals surface area contributed by atoms with Crippen LogP contribution in [0, 0.1) is 0 Å². The molecule has 2 heterocycles. The number of nitrogens with zero attached hydrogens (tertiary/aromatic N) is 2. The first-order valence-corrected chi connectivity index (χ1v) is 11.9. The number of carbonyl (C=O) groups excluding carboxylic acids is 1. The fraction of sp³-hybridized carbons (Fsp3) is 0.172. The molecule has 180 valence electrons. The molecule has 0 saturated carbocycles. The van der Waals surface area contributed by atoms with Crippen molar-refractivity contribution in [3.05, 3.63) is 108 Å². The maximum atomic E-state index is 12.5. The van der Waals surface area contributed by atoms with Gasteiger partial charge in [-0.2, -0.15) is 0 Å². The van der Waals surface area contributed by atoms with Gasteiger partial charge in [-0.05, 0) is 41.8 Å². The van der Waals surface area contributed by atoms with Crippen LogP contribution >= 0.6 is 0 Å². The Morgan fingerprint density at radius 1 is 0.944 bits per heavy atom. The normalized spacial score (nSPS) is 14.2. The maximum Gasteiger partial charge on any atom is 0.326 e. The van der Waals surface area contributed by atoms with Gasteiger partial charge in [-0.1, -0.05) is 42.5 Å². The van der Waals surface area contributed by atoms with Crippen LogP contribution < -0.4 is 10.6 Å². The number of aliphatic carboxylic acids is 1. The molecule has 1 aliphatic carbocycles. The molecular weight excluding hydrogens is 452 g/mol. The van der Waals surface area contributed by atoms with Crippen LogP contribution in [0.2, 0.25) is 0 Å². The Bertz CT molecular complexity index is 1430. The minimum atomic E-state index is -0.948. The van der Waals surface area contributed by atoms with Gasteiger partial charge in [0.15, 0.2) is 5.78 Å². The highest BCUT2D eigenvalue weighted by molar-refractivity contribution is 5.99. The second-order valence-electron chi connectivity index (χ2n) is 8.86. The molecule has 0 unspecified atom stereocenters. The number of ketones is 1. The van der Waals surface area contributed by atoms with Gasteiger partial charge in [-0.15, -0.1) is 0 Å².